The van der Waals surface area contributed by atoms with Crippen LogP contribution in [-0.2, 0) is 27.8 Å². The van der Waals surface area contributed by atoms with Crippen molar-refractivity contribution in [2.75, 3.05) is 13.2 Å². The molecule has 0 aliphatic carbocycles. The molecule has 3 atom stereocenters. The lowest BCUT2D eigenvalue weighted by Gasteiger charge is -2.34. The highest BCUT2D eigenvalue weighted by molar-refractivity contribution is 7.79. The topological polar surface area (TPSA) is 127 Å². The van der Waals surface area contributed by atoms with Crippen molar-refractivity contribution in [2.24, 2.45) is 17.2 Å². The molecule has 0 aromatic heterocycles. The molecule has 2 aromatic rings. The van der Waals surface area contributed by atoms with Crippen LogP contribution in [0, 0.1) is 0 Å². The fourth-order valence-corrected chi connectivity index (χ4v) is 3.72. The van der Waals surface area contributed by atoms with E-state index in [0.717, 1.165) is 16.7 Å². The summed E-state index contributed by atoms with van der Waals surface area (Å²) in [5.41, 5.74) is 19.7. The zero-order chi connectivity index (χ0) is 19.9. The molecule has 0 radical (unpaired) electrons. The third-order valence-electron chi connectivity index (χ3n) is 4.78. The summed E-state index contributed by atoms with van der Waals surface area (Å²) in [6, 6.07) is 17.2. The van der Waals surface area contributed by atoms with Crippen molar-refractivity contribution in [3.8, 4) is 0 Å². The van der Waals surface area contributed by atoms with Crippen molar-refractivity contribution in [3.05, 3.63) is 71.3 Å². The normalized spacial score (nSPS) is 16.1. The summed E-state index contributed by atoms with van der Waals surface area (Å²) in [5.74, 6) is 0. The molecule has 0 amide bonds. The van der Waals surface area contributed by atoms with E-state index < -0.39 is 27.9 Å². The predicted octanol–water partition coefficient (Wildman–Crippen LogP) is 1.67. The maximum Gasteiger partial charge on any atom is 0.0784 e. The molecule has 0 bridgehead atoms. The molecule has 27 heavy (non-hydrogen) atoms. The average molecular weight is 391 g/mol. The van der Waals surface area contributed by atoms with Gasteiger partial charge in [0.25, 0.3) is 0 Å². The molecular weight excluding hydrogens is 362 g/mol. The molecule has 2 aromatic carbocycles. The van der Waals surface area contributed by atoms with Gasteiger partial charge in [-0.1, -0.05) is 61.5 Å². The fourth-order valence-electron chi connectivity index (χ4n) is 3.01. The second kappa shape index (κ2) is 10.1. The zero-order valence-corrected chi connectivity index (χ0v) is 16.4. The van der Waals surface area contributed by atoms with Crippen LogP contribution in [0.4, 0.5) is 0 Å². The Balaban J connectivity index is 2.09. The number of benzene rings is 2. The van der Waals surface area contributed by atoms with Crippen molar-refractivity contribution in [1.29, 1.82) is 0 Å². The lowest BCUT2D eigenvalue weighted by molar-refractivity contribution is 0.114. The van der Waals surface area contributed by atoms with E-state index >= 15 is 0 Å². The molecule has 6 N–H and O–H groups in total. The Morgan fingerprint density at radius 3 is 2.44 bits per heavy atom. The third kappa shape index (κ3) is 6.21. The molecule has 0 heterocycles. The van der Waals surface area contributed by atoms with E-state index in [0.29, 0.717) is 19.6 Å². The molecule has 7 heteroatoms. The van der Waals surface area contributed by atoms with E-state index in [4.69, 9.17) is 21.9 Å². The highest BCUT2D eigenvalue weighted by Crippen LogP contribution is 2.30. The van der Waals surface area contributed by atoms with E-state index in [-0.39, 0.29) is 6.61 Å². The van der Waals surface area contributed by atoms with Crippen molar-refractivity contribution in [1.82, 2.24) is 0 Å². The van der Waals surface area contributed by atoms with Crippen LogP contribution in [0.2, 0.25) is 0 Å². The van der Waals surface area contributed by atoms with Crippen LogP contribution in [0.3, 0.4) is 0 Å². The van der Waals surface area contributed by atoms with Gasteiger partial charge in [0, 0.05) is 17.2 Å². The quantitative estimate of drug-likeness (QED) is 0.418. The van der Waals surface area contributed by atoms with Crippen LogP contribution in [0.5, 0.6) is 0 Å². The Bertz CT molecular complexity index is 742. The van der Waals surface area contributed by atoms with Gasteiger partial charge in [-0.2, -0.15) is 0 Å². The summed E-state index contributed by atoms with van der Waals surface area (Å²) in [4.78, 5) is 0. The Morgan fingerprint density at radius 1 is 1.15 bits per heavy atom. The lowest BCUT2D eigenvalue weighted by Crippen LogP contribution is -2.39. The first-order valence-electron chi connectivity index (χ1n) is 8.87. The van der Waals surface area contributed by atoms with Crippen molar-refractivity contribution >= 4 is 11.1 Å². The van der Waals surface area contributed by atoms with Crippen LogP contribution >= 0.6 is 0 Å². The fraction of sp³-hybridized carbons (Fsp3) is 0.400. The molecule has 0 aliphatic rings. The molecular formula is C20H28N3O3S-. The number of ether oxygens (including phenoxy) is 1. The summed E-state index contributed by atoms with van der Waals surface area (Å²) in [5, 5.41) is -0.669. The Kier molecular flexibility index (Phi) is 8.09. The van der Waals surface area contributed by atoms with E-state index in [1.807, 2.05) is 61.5 Å². The summed E-state index contributed by atoms with van der Waals surface area (Å²) in [6.45, 7) is 2.72. The highest BCUT2D eigenvalue weighted by Gasteiger charge is 2.30. The smallest absolute Gasteiger partial charge is 0.0784 e. The van der Waals surface area contributed by atoms with Gasteiger partial charge in [0.15, 0.2) is 0 Å². The summed E-state index contributed by atoms with van der Waals surface area (Å²) in [7, 11) is 0. The first-order chi connectivity index (χ1) is 12.9. The molecule has 0 saturated heterocycles. The third-order valence-corrected chi connectivity index (χ3v) is 5.63. The van der Waals surface area contributed by atoms with Gasteiger partial charge in [-0.25, -0.2) is 0 Å². The largest absolute Gasteiger partial charge is 0.772 e. The van der Waals surface area contributed by atoms with E-state index in [9.17, 15) is 8.76 Å². The van der Waals surface area contributed by atoms with Gasteiger partial charge >= 0.3 is 0 Å². The van der Waals surface area contributed by atoms with Crippen LogP contribution in [0.1, 0.15) is 36.2 Å². The lowest BCUT2D eigenvalue weighted by atomic mass is 9.78. The van der Waals surface area contributed by atoms with Crippen molar-refractivity contribution < 1.29 is 13.5 Å². The van der Waals surface area contributed by atoms with Gasteiger partial charge in [-0.3, -0.25) is 4.21 Å². The Morgan fingerprint density at radius 2 is 1.85 bits per heavy atom. The van der Waals surface area contributed by atoms with E-state index in [1.54, 1.807) is 0 Å². The Hall–Kier alpha value is -1.61. The van der Waals surface area contributed by atoms with E-state index in [2.05, 4.69) is 0 Å². The summed E-state index contributed by atoms with van der Waals surface area (Å²) in [6.07, 6.45) is -0.247. The van der Waals surface area contributed by atoms with E-state index in [1.165, 1.54) is 0 Å². The first-order valence-corrected chi connectivity index (χ1v) is 10.0. The first kappa shape index (κ1) is 21.7. The van der Waals surface area contributed by atoms with Gasteiger partial charge in [0.1, 0.15) is 0 Å². The maximum absolute atomic E-state index is 11.8. The van der Waals surface area contributed by atoms with Gasteiger partial charge in [-0.15, -0.1) is 0 Å². The van der Waals surface area contributed by atoms with Crippen LogP contribution in [-0.4, -0.2) is 27.2 Å². The molecule has 0 aliphatic heterocycles. The van der Waals surface area contributed by atoms with Gasteiger partial charge < -0.3 is 26.5 Å². The predicted molar refractivity (Wildman–Crippen MR) is 107 cm³/mol. The SMILES string of the molecule is CC(CN)(CC(COCc1ccccc1)S(=O)[O-])c1cccc(C(N)N)c1. The second-order valence-electron chi connectivity index (χ2n) is 7.00. The minimum atomic E-state index is -2.28. The van der Waals surface area contributed by atoms with Gasteiger partial charge in [0.2, 0.25) is 0 Å². The summed E-state index contributed by atoms with van der Waals surface area (Å²) < 4.78 is 29.2. The van der Waals surface area contributed by atoms with Gasteiger partial charge in [0.05, 0.1) is 19.4 Å². The number of nitrogens with two attached hydrogens (primary N) is 3. The van der Waals surface area contributed by atoms with Crippen molar-refractivity contribution in [2.45, 2.75) is 36.8 Å². The minimum absolute atomic E-state index is 0.108. The monoisotopic (exact) mass is 390 g/mol. The number of hydrogen-bond donors (Lipinski definition) is 3. The molecule has 6 nitrogen and oxygen atoms in total. The maximum atomic E-state index is 11.8. The summed E-state index contributed by atoms with van der Waals surface area (Å²) >= 11 is -2.28. The minimum Gasteiger partial charge on any atom is -0.772 e. The van der Waals surface area contributed by atoms with Gasteiger partial charge in [-0.05, 0) is 34.2 Å². The van der Waals surface area contributed by atoms with Crippen molar-refractivity contribution in [3.63, 3.8) is 0 Å². The molecule has 0 spiro atoms. The molecule has 0 fully saturated rings. The highest BCUT2D eigenvalue weighted by atomic mass is 32.2. The van der Waals surface area contributed by atoms with Crippen LogP contribution in [0.15, 0.2) is 54.6 Å². The molecule has 148 valence electrons. The van der Waals surface area contributed by atoms with Crippen LogP contribution in [0.25, 0.3) is 0 Å². The second-order valence-corrected chi connectivity index (χ2v) is 8.19. The molecule has 2 rings (SSSR count). The zero-order valence-electron chi connectivity index (χ0n) is 15.5. The Labute approximate surface area is 163 Å². The number of hydrogen-bond acceptors (Lipinski definition) is 6. The number of rotatable bonds is 10. The average Bonchev–Trinajstić information content (AvgIpc) is 2.67. The standard InChI is InChI=1S/C20H29N3O3S/c1-20(14-21,17-9-5-8-16(10-17)19(22)23)11-18(27(24)25)13-26-12-15-6-3-2-4-7-15/h2-10,18-19H,11-14,21-23H2,1H3,(H,24,25)/p-1. The molecule has 3 unspecified atom stereocenters. The molecule has 0 saturated carbocycles. The van der Waals surface area contributed by atoms with Crippen LogP contribution < -0.4 is 17.2 Å².